The lowest BCUT2D eigenvalue weighted by atomic mass is 10.1. The van der Waals surface area contributed by atoms with Crippen LogP contribution in [0.4, 0.5) is 0 Å². The van der Waals surface area contributed by atoms with E-state index in [1.807, 2.05) is 0 Å². The second-order valence-corrected chi connectivity index (χ2v) is 5.41. The molecule has 1 heterocycles. The van der Waals surface area contributed by atoms with Crippen LogP contribution >= 0.6 is 0 Å². The zero-order chi connectivity index (χ0) is 11.5. The maximum Gasteiger partial charge on any atom is 0.0494 e. The minimum absolute atomic E-state index is 0.289. The van der Waals surface area contributed by atoms with E-state index in [2.05, 4.69) is 36.2 Å². The van der Waals surface area contributed by atoms with Gasteiger partial charge in [-0.1, -0.05) is 12.2 Å². The predicted octanol–water partition coefficient (Wildman–Crippen LogP) is 0.996. The zero-order valence-corrected chi connectivity index (χ0v) is 10.4. The maximum absolute atomic E-state index is 9.07. The summed E-state index contributed by atoms with van der Waals surface area (Å²) in [4.78, 5) is 2.53. The monoisotopic (exact) mass is 224 g/mol. The molecule has 0 bridgehead atoms. The molecule has 0 aromatic carbocycles. The molecule has 2 aliphatic rings. The average Bonchev–Trinajstić information content (AvgIpc) is 2.87. The average molecular weight is 224 g/mol. The van der Waals surface area contributed by atoms with Gasteiger partial charge in [-0.15, -0.1) is 0 Å². The third kappa shape index (κ3) is 2.84. The Bertz CT molecular complexity index is 252. The van der Waals surface area contributed by atoms with Crippen LogP contribution in [0, 0.1) is 5.92 Å². The van der Waals surface area contributed by atoms with Crippen molar-refractivity contribution in [1.29, 1.82) is 0 Å². The van der Waals surface area contributed by atoms with E-state index in [9.17, 15) is 0 Å². The van der Waals surface area contributed by atoms with Gasteiger partial charge in [0.25, 0.3) is 0 Å². The Labute approximate surface area is 98.5 Å². The molecule has 1 aliphatic carbocycles. The molecule has 0 spiro atoms. The summed E-state index contributed by atoms with van der Waals surface area (Å²) in [5.74, 6) is 0.375. The number of aliphatic hydroxyl groups excluding tert-OH is 1. The van der Waals surface area contributed by atoms with Crippen LogP contribution in [-0.4, -0.2) is 47.8 Å². The Morgan fingerprint density at radius 3 is 2.81 bits per heavy atom. The van der Waals surface area contributed by atoms with Crippen molar-refractivity contribution in [2.45, 2.75) is 44.8 Å². The molecule has 3 nitrogen and oxygen atoms in total. The highest BCUT2D eigenvalue weighted by Crippen LogP contribution is 2.20. The van der Waals surface area contributed by atoms with E-state index in [-0.39, 0.29) is 6.61 Å². The third-order valence-corrected chi connectivity index (χ3v) is 3.81. The molecule has 0 amide bonds. The van der Waals surface area contributed by atoms with Gasteiger partial charge >= 0.3 is 0 Å². The van der Waals surface area contributed by atoms with E-state index < -0.39 is 0 Å². The highest BCUT2D eigenvalue weighted by Gasteiger charge is 2.27. The summed E-state index contributed by atoms with van der Waals surface area (Å²) in [6.07, 6.45) is 6.69. The molecule has 3 atom stereocenters. The second-order valence-electron chi connectivity index (χ2n) is 5.41. The van der Waals surface area contributed by atoms with Crippen molar-refractivity contribution >= 4 is 0 Å². The Hall–Kier alpha value is -0.380. The van der Waals surface area contributed by atoms with E-state index >= 15 is 0 Å². The topological polar surface area (TPSA) is 35.5 Å². The largest absolute Gasteiger partial charge is 0.396 e. The first-order valence-electron chi connectivity index (χ1n) is 6.48. The molecule has 1 saturated heterocycles. The summed E-state index contributed by atoms with van der Waals surface area (Å²) in [6.45, 7) is 7.21. The SMILES string of the molecule is CC(C)N1CCC(N[C@@H]2C=C[C@H](CO)C2)C1. The molecule has 3 heteroatoms. The van der Waals surface area contributed by atoms with E-state index in [1.54, 1.807) is 0 Å². The molecule has 1 fully saturated rings. The number of hydrogen-bond acceptors (Lipinski definition) is 3. The number of nitrogens with one attached hydrogen (secondary N) is 1. The predicted molar refractivity (Wildman–Crippen MR) is 66.4 cm³/mol. The number of aliphatic hydroxyl groups is 1. The van der Waals surface area contributed by atoms with Gasteiger partial charge < -0.3 is 10.4 Å². The fraction of sp³-hybridized carbons (Fsp3) is 0.846. The summed E-state index contributed by atoms with van der Waals surface area (Å²) in [5.41, 5.74) is 0. The summed E-state index contributed by atoms with van der Waals surface area (Å²) < 4.78 is 0. The van der Waals surface area contributed by atoms with Crippen molar-refractivity contribution in [3.8, 4) is 0 Å². The van der Waals surface area contributed by atoms with Gasteiger partial charge in [-0.2, -0.15) is 0 Å². The molecule has 0 aromatic rings. The van der Waals surface area contributed by atoms with Crippen LogP contribution in [-0.2, 0) is 0 Å². The van der Waals surface area contributed by atoms with Gasteiger partial charge in [0.2, 0.25) is 0 Å². The Morgan fingerprint density at radius 1 is 1.44 bits per heavy atom. The van der Waals surface area contributed by atoms with Crippen LogP contribution in [0.15, 0.2) is 12.2 Å². The quantitative estimate of drug-likeness (QED) is 0.699. The molecular weight excluding hydrogens is 200 g/mol. The van der Waals surface area contributed by atoms with Crippen LogP contribution in [0.2, 0.25) is 0 Å². The lowest BCUT2D eigenvalue weighted by Gasteiger charge is -2.22. The Morgan fingerprint density at radius 2 is 2.25 bits per heavy atom. The summed E-state index contributed by atoms with van der Waals surface area (Å²) in [6, 6.07) is 1.78. The summed E-state index contributed by atoms with van der Waals surface area (Å²) in [5, 5.41) is 12.8. The number of hydrogen-bond donors (Lipinski definition) is 2. The van der Waals surface area contributed by atoms with Crippen molar-refractivity contribution in [2.24, 2.45) is 5.92 Å². The van der Waals surface area contributed by atoms with Gasteiger partial charge in [0.05, 0.1) is 0 Å². The van der Waals surface area contributed by atoms with Crippen molar-refractivity contribution < 1.29 is 5.11 Å². The second kappa shape index (κ2) is 5.30. The van der Waals surface area contributed by atoms with Gasteiger partial charge in [-0.25, -0.2) is 0 Å². The van der Waals surface area contributed by atoms with Crippen LogP contribution in [0.1, 0.15) is 26.7 Å². The maximum atomic E-state index is 9.07. The standard InChI is InChI=1S/C13H24N2O/c1-10(2)15-6-5-13(8-15)14-12-4-3-11(7-12)9-16/h3-4,10-14,16H,5-9H2,1-2H3/t11-,12+,13?/m0/s1. The van der Waals surface area contributed by atoms with E-state index in [4.69, 9.17) is 5.11 Å². The molecule has 92 valence electrons. The minimum Gasteiger partial charge on any atom is -0.396 e. The van der Waals surface area contributed by atoms with Crippen molar-refractivity contribution in [3.63, 3.8) is 0 Å². The molecule has 0 radical (unpaired) electrons. The first-order valence-corrected chi connectivity index (χ1v) is 6.48. The highest BCUT2D eigenvalue weighted by molar-refractivity contribution is 5.07. The fourth-order valence-electron chi connectivity index (χ4n) is 2.73. The molecule has 0 saturated carbocycles. The van der Waals surface area contributed by atoms with Crippen molar-refractivity contribution in [1.82, 2.24) is 10.2 Å². The van der Waals surface area contributed by atoms with Gasteiger partial charge in [0, 0.05) is 37.2 Å². The minimum atomic E-state index is 0.289. The molecule has 1 aliphatic heterocycles. The van der Waals surface area contributed by atoms with Crippen LogP contribution in [0.25, 0.3) is 0 Å². The molecule has 1 unspecified atom stereocenters. The normalized spacial score (nSPS) is 35.4. The van der Waals surface area contributed by atoms with E-state index in [1.165, 1.54) is 19.5 Å². The molecule has 16 heavy (non-hydrogen) atoms. The zero-order valence-electron chi connectivity index (χ0n) is 10.4. The Balaban J connectivity index is 1.74. The van der Waals surface area contributed by atoms with Crippen LogP contribution in [0.3, 0.4) is 0 Å². The smallest absolute Gasteiger partial charge is 0.0494 e. The Kier molecular flexibility index (Phi) is 4.00. The first-order chi connectivity index (χ1) is 7.69. The number of nitrogens with zero attached hydrogens (tertiary/aromatic N) is 1. The lowest BCUT2D eigenvalue weighted by Crippen LogP contribution is -2.39. The van der Waals surface area contributed by atoms with Crippen LogP contribution in [0.5, 0.6) is 0 Å². The van der Waals surface area contributed by atoms with Crippen LogP contribution < -0.4 is 5.32 Å². The summed E-state index contributed by atoms with van der Waals surface area (Å²) in [7, 11) is 0. The molecular formula is C13H24N2O. The van der Waals surface area contributed by atoms with E-state index in [0.717, 1.165) is 6.42 Å². The van der Waals surface area contributed by atoms with Crippen molar-refractivity contribution in [2.75, 3.05) is 19.7 Å². The number of likely N-dealkylation sites (tertiary alicyclic amines) is 1. The number of rotatable bonds is 4. The third-order valence-electron chi connectivity index (χ3n) is 3.81. The van der Waals surface area contributed by atoms with Gasteiger partial charge in [-0.05, 0) is 33.2 Å². The van der Waals surface area contributed by atoms with Crippen molar-refractivity contribution in [3.05, 3.63) is 12.2 Å². The molecule has 2 N–H and O–H groups in total. The molecule has 0 aromatic heterocycles. The first kappa shape index (κ1) is 12.1. The van der Waals surface area contributed by atoms with Gasteiger partial charge in [0.1, 0.15) is 0 Å². The van der Waals surface area contributed by atoms with Gasteiger partial charge in [0.15, 0.2) is 0 Å². The van der Waals surface area contributed by atoms with E-state index in [0.29, 0.717) is 24.0 Å². The lowest BCUT2D eigenvalue weighted by molar-refractivity contribution is 0.242. The summed E-state index contributed by atoms with van der Waals surface area (Å²) >= 11 is 0. The molecule has 2 rings (SSSR count). The van der Waals surface area contributed by atoms with Gasteiger partial charge in [-0.3, -0.25) is 4.90 Å². The fourth-order valence-corrected chi connectivity index (χ4v) is 2.73. The highest BCUT2D eigenvalue weighted by atomic mass is 16.3.